The fraction of sp³-hybridized carbons (Fsp3) is 0.682. The summed E-state index contributed by atoms with van der Waals surface area (Å²) in [6.45, 7) is 3.38. The third-order valence-corrected chi connectivity index (χ3v) is 6.83. The first-order valence-electron chi connectivity index (χ1n) is 10.6. The Kier molecular flexibility index (Phi) is 5.60. The van der Waals surface area contributed by atoms with Crippen LogP contribution in [0.25, 0.3) is 0 Å². The number of nitrogens with one attached hydrogen (secondary N) is 1. The molecule has 2 unspecified atom stereocenters. The van der Waals surface area contributed by atoms with E-state index in [0.29, 0.717) is 17.9 Å². The van der Waals surface area contributed by atoms with Crippen molar-refractivity contribution in [3.8, 4) is 0 Å². The zero-order valence-electron chi connectivity index (χ0n) is 15.8. The van der Waals surface area contributed by atoms with E-state index in [4.69, 9.17) is 5.73 Å². The number of amides is 1. The lowest BCUT2D eigenvalue weighted by Crippen LogP contribution is -2.48. The molecule has 142 valence electrons. The van der Waals surface area contributed by atoms with Gasteiger partial charge in [0.15, 0.2) is 0 Å². The van der Waals surface area contributed by atoms with Crippen LogP contribution in [0.2, 0.25) is 0 Å². The van der Waals surface area contributed by atoms with E-state index in [9.17, 15) is 4.79 Å². The molecule has 4 nitrogen and oxygen atoms in total. The quantitative estimate of drug-likeness (QED) is 0.864. The van der Waals surface area contributed by atoms with Gasteiger partial charge in [-0.2, -0.15) is 0 Å². The van der Waals surface area contributed by atoms with Crippen molar-refractivity contribution in [1.29, 1.82) is 0 Å². The summed E-state index contributed by atoms with van der Waals surface area (Å²) >= 11 is 0. The molecule has 0 aromatic heterocycles. The Labute approximate surface area is 157 Å². The average Bonchev–Trinajstić information content (AvgIpc) is 2.62. The minimum atomic E-state index is 0.135. The maximum Gasteiger partial charge on any atom is 0.227 e. The highest BCUT2D eigenvalue weighted by molar-refractivity contribution is 5.92. The molecule has 3 N–H and O–H groups in total. The topological polar surface area (TPSA) is 58.4 Å². The van der Waals surface area contributed by atoms with Gasteiger partial charge in [0.2, 0.25) is 5.91 Å². The van der Waals surface area contributed by atoms with E-state index in [1.807, 2.05) is 6.07 Å². The highest BCUT2D eigenvalue weighted by atomic mass is 16.1. The third kappa shape index (κ3) is 4.12. The van der Waals surface area contributed by atoms with E-state index < -0.39 is 0 Å². The van der Waals surface area contributed by atoms with E-state index in [2.05, 4.69) is 28.4 Å². The van der Waals surface area contributed by atoms with Gasteiger partial charge in [0.25, 0.3) is 0 Å². The molecule has 1 heterocycles. The normalized spacial score (nSPS) is 32.2. The van der Waals surface area contributed by atoms with Crippen LogP contribution in [-0.2, 0) is 11.3 Å². The Morgan fingerprint density at radius 2 is 1.81 bits per heavy atom. The van der Waals surface area contributed by atoms with E-state index in [1.165, 1.54) is 57.2 Å². The number of nitrogens with zero attached hydrogens (tertiary/aromatic N) is 1. The average molecular weight is 356 g/mol. The molecule has 26 heavy (non-hydrogen) atoms. The molecule has 4 rings (SSSR count). The van der Waals surface area contributed by atoms with Crippen LogP contribution in [0, 0.1) is 17.8 Å². The standard InChI is InChI=1S/C22H33N3O/c23-21-17-7-5-8-18(21)14-19(13-17)22(26)24-20-9-4-6-16(12-20)15-25-10-2-1-3-11-25/h4,6,9,12,17-19,21H,1-3,5,7-8,10-11,13-15,23H2,(H,24,26). The molecule has 2 saturated carbocycles. The molecular weight excluding hydrogens is 322 g/mol. The Morgan fingerprint density at radius 1 is 1.08 bits per heavy atom. The number of piperidine rings is 1. The lowest BCUT2D eigenvalue weighted by Gasteiger charge is -2.43. The Morgan fingerprint density at radius 3 is 2.54 bits per heavy atom. The van der Waals surface area contributed by atoms with Crippen molar-refractivity contribution in [1.82, 2.24) is 4.90 Å². The summed E-state index contributed by atoms with van der Waals surface area (Å²) in [4.78, 5) is 15.4. The molecule has 1 aromatic carbocycles. The van der Waals surface area contributed by atoms with Gasteiger partial charge >= 0.3 is 0 Å². The molecule has 4 heteroatoms. The highest BCUT2D eigenvalue weighted by Crippen LogP contribution is 2.42. The largest absolute Gasteiger partial charge is 0.327 e. The van der Waals surface area contributed by atoms with Gasteiger partial charge in [-0.15, -0.1) is 0 Å². The van der Waals surface area contributed by atoms with Crippen LogP contribution >= 0.6 is 0 Å². The minimum Gasteiger partial charge on any atom is -0.327 e. The van der Waals surface area contributed by atoms with Gasteiger partial charge in [0, 0.05) is 24.2 Å². The number of fused-ring (bicyclic) bond motifs is 2. The molecule has 1 aliphatic heterocycles. The van der Waals surface area contributed by atoms with Gasteiger partial charge in [-0.25, -0.2) is 0 Å². The fourth-order valence-corrected chi connectivity index (χ4v) is 5.37. The number of anilines is 1. The number of hydrogen-bond acceptors (Lipinski definition) is 3. The van der Waals surface area contributed by atoms with Crippen LogP contribution in [0.3, 0.4) is 0 Å². The SMILES string of the molecule is NC1C2CCCC1CC(C(=O)Nc1cccc(CN3CCCCC3)c1)C2. The third-order valence-electron chi connectivity index (χ3n) is 6.83. The van der Waals surface area contributed by atoms with Crippen LogP contribution in [0.15, 0.2) is 24.3 Å². The smallest absolute Gasteiger partial charge is 0.227 e. The van der Waals surface area contributed by atoms with Crippen molar-refractivity contribution in [2.75, 3.05) is 18.4 Å². The first-order chi connectivity index (χ1) is 12.7. The molecule has 0 spiro atoms. The van der Waals surface area contributed by atoms with Gasteiger partial charge in [-0.3, -0.25) is 9.69 Å². The number of nitrogens with two attached hydrogens (primary N) is 1. The minimum absolute atomic E-state index is 0.135. The molecule has 1 amide bonds. The number of carbonyl (C=O) groups excluding carboxylic acids is 1. The van der Waals surface area contributed by atoms with Gasteiger partial charge in [-0.1, -0.05) is 25.0 Å². The zero-order chi connectivity index (χ0) is 17.9. The predicted octanol–water partition coefficient (Wildman–Crippen LogP) is 3.76. The maximum absolute atomic E-state index is 12.8. The molecule has 0 radical (unpaired) electrons. The van der Waals surface area contributed by atoms with Crippen molar-refractivity contribution in [3.63, 3.8) is 0 Å². The Balaban J connectivity index is 1.36. The number of rotatable bonds is 4. The number of likely N-dealkylation sites (tertiary alicyclic amines) is 1. The highest BCUT2D eigenvalue weighted by Gasteiger charge is 2.40. The second-order valence-electron chi connectivity index (χ2n) is 8.72. The monoisotopic (exact) mass is 355 g/mol. The number of hydrogen-bond donors (Lipinski definition) is 2. The van der Waals surface area contributed by atoms with Crippen LogP contribution in [0.4, 0.5) is 5.69 Å². The first-order valence-corrected chi connectivity index (χ1v) is 10.6. The van der Waals surface area contributed by atoms with Crippen LogP contribution in [-0.4, -0.2) is 29.9 Å². The van der Waals surface area contributed by atoms with Crippen LogP contribution in [0.5, 0.6) is 0 Å². The van der Waals surface area contributed by atoms with Crippen molar-refractivity contribution in [2.24, 2.45) is 23.5 Å². The summed E-state index contributed by atoms with van der Waals surface area (Å²) in [5.74, 6) is 1.42. The number of benzene rings is 1. The molecule has 3 fully saturated rings. The summed E-state index contributed by atoms with van der Waals surface area (Å²) in [6, 6.07) is 8.74. The molecule has 2 aliphatic carbocycles. The van der Waals surface area contributed by atoms with E-state index >= 15 is 0 Å². The summed E-state index contributed by atoms with van der Waals surface area (Å²) in [5, 5.41) is 3.20. The maximum atomic E-state index is 12.8. The Hall–Kier alpha value is -1.39. The summed E-state index contributed by atoms with van der Waals surface area (Å²) in [7, 11) is 0. The van der Waals surface area contributed by atoms with Crippen molar-refractivity contribution < 1.29 is 4.79 Å². The summed E-state index contributed by atoms with van der Waals surface area (Å²) < 4.78 is 0. The lowest BCUT2D eigenvalue weighted by atomic mass is 9.65. The van der Waals surface area contributed by atoms with Crippen molar-refractivity contribution in [3.05, 3.63) is 29.8 Å². The van der Waals surface area contributed by atoms with Gasteiger partial charge in [0.05, 0.1) is 0 Å². The Bertz CT molecular complexity index is 612. The van der Waals surface area contributed by atoms with Gasteiger partial charge in [-0.05, 0) is 81.1 Å². The van der Waals surface area contributed by atoms with Crippen molar-refractivity contribution in [2.45, 2.75) is 64.0 Å². The zero-order valence-corrected chi connectivity index (χ0v) is 15.8. The number of carbonyl (C=O) groups is 1. The first kappa shape index (κ1) is 18.0. The summed E-state index contributed by atoms with van der Waals surface area (Å²) in [6.07, 6.45) is 9.61. The molecular formula is C22H33N3O. The van der Waals surface area contributed by atoms with E-state index in [1.54, 1.807) is 0 Å². The van der Waals surface area contributed by atoms with Crippen LogP contribution in [0.1, 0.15) is 56.9 Å². The summed E-state index contributed by atoms with van der Waals surface area (Å²) in [5.41, 5.74) is 8.62. The van der Waals surface area contributed by atoms with Gasteiger partial charge < -0.3 is 11.1 Å². The van der Waals surface area contributed by atoms with Crippen LogP contribution < -0.4 is 11.1 Å². The van der Waals surface area contributed by atoms with E-state index in [0.717, 1.165) is 25.1 Å². The second-order valence-corrected chi connectivity index (χ2v) is 8.72. The predicted molar refractivity (Wildman–Crippen MR) is 106 cm³/mol. The van der Waals surface area contributed by atoms with Gasteiger partial charge in [0.1, 0.15) is 0 Å². The molecule has 3 aliphatic rings. The van der Waals surface area contributed by atoms with E-state index in [-0.39, 0.29) is 11.8 Å². The molecule has 2 bridgehead atoms. The molecule has 1 aromatic rings. The lowest BCUT2D eigenvalue weighted by molar-refractivity contribution is -0.122. The fourth-order valence-electron chi connectivity index (χ4n) is 5.37. The molecule has 2 atom stereocenters. The van der Waals surface area contributed by atoms with Crippen molar-refractivity contribution >= 4 is 11.6 Å². The second kappa shape index (κ2) is 8.10. The molecule has 1 saturated heterocycles.